The lowest BCUT2D eigenvalue weighted by Gasteiger charge is -2.40. The van der Waals surface area contributed by atoms with Crippen LogP contribution in [-0.4, -0.2) is 40.6 Å². The van der Waals surface area contributed by atoms with E-state index < -0.39 is 17.7 Å². The molecule has 2 heterocycles. The molecular weight excluding hydrogens is 447 g/mol. The van der Waals surface area contributed by atoms with Crippen LogP contribution >= 0.6 is 11.8 Å². The highest BCUT2D eigenvalue weighted by Gasteiger charge is 2.33. The van der Waals surface area contributed by atoms with E-state index in [-0.39, 0.29) is 18.4 Å². The molecule has 2 atom stereocenters. The minimum absolute atomic E-state index is 0.00153. The number of halogens is 3. The van der Waals surface area contributed by atoms with Crippen molar-refractivity contribution < 1.29 is 23.1 Å². The number of likely N-dealkylation sites (tertiary alicyclic amines) is 1. The SMILES string of the molecule is C#CC(=C)C.O=C(O)CC1CCN(CCC2CCSCC2)C(c2ccc(C(F)(F)F)cc2)C1. The maximum Gasteiger partial charge on any atom is 0.416 e. The van der Waals surface area contributed by atoms with Gasteiger partial charge in [0.25, 0.3) is 0 Å². The Morgan fingerprint density at radius 3 is 2.33 bits per heavy atom. The third-order valence-electron chi connectivity index (χ3n) is 6.32. The Labute approximate surface area is 199 Å². The smallest absolute Gasteiger partial charge is 0.416 e. The van der Waals surface area contributed by atoms with E-state index >= 15 is 0 Å². The fraction of sp³-hybridized carbons (Fsp3) is 0.577. The van der Waals surface area contributed by atoms with Crippen molar-refractivity contribution in [3.05, 3.63) is 47.5 Å². The number of hydrogen-bond acceptors (Lipinski definition) is 3. The lowest BCUT2D eigenvalue weighted by atomic mass is 9.84. The Morgan fingerprint density at radius 1 is 1.21 bits per heavy atom. The molecule has 1 aromatic carbocycles. The molecule has 182 valence electrons. The molecular formula is C26H34F3NO2S. The first-order chi connectivity index (χ1) is 15.6. The first-order valence-corrected chi connectivity index (χ1v) is 12.6. The number of thioether (sulfide) groups is 1. The van der Waals surface area contributed by atoms with Gasteiger partial charge in [-0.05, 0) is 98.7 Å². The molecule has 0 aliphatic carbocycles. The van der Waals surface area contributed by atoms with E-state index in [9.17, 15) is 18.0 Å². The number of terminal acetylenes is 1. The van der Waals surface area contributed by atoms with Crippen molar-refractivity contribution in [3.8, 4) is 12.3 Å². The normalized spacial score (nSPS) is 22.0. The second-order valence-electron chi connectivity index (χ2n) is 8.93. The minimum Gasteiger partial charge on any atom is -0.481 e. The lowest BCUT2D eigenvalue weighted by Crippen LogP contribution is -2.38. The topological polar surface area (TPSA) is 40.5 Å². The summed E-state index contributed by atoms with van der Waals surface area (Å²) in [7, 11) is 0. The molecule has 2 aliphatic heterocycles. The third-order valence-corrected chi connectivity index (χ3v) is 7.37. The Bertz CT molecular complexity index is 810. The van der Waals surface area contributed by atoms with Crippen LogP contribution in [0.3, 0.4) is 0 Å². The van der Waals surface area contributed by atoms with Gasteiger partial charge in [-0.3, -0.25) is 9.69 Å². The maximum atomic E-state index is 12.9. The van der Waals surface area contributed by atoms with E-state index in [1.165, 1.54) is 24.3 Å². The summed E-state index contributed by atoms with van der Waals surface area (Å²) in [6, 6.07) is 5.43. The van der Waals surface area contributed by atoms with Crippen LogP contribution in [0.1, 0.15) is 62.6 Å². The summed E-state index contributed by atoms with van der Waals surface area (Å²) in [5.41, 5.74) is 1.01. The highest BCUT2D eigenvalue weighted by Crippen LogP contribution is 2.38. The van der Waals surface area contributed by atoms with E-state index in [1.807, 2.05) is 11.8 Å². The zero-order valence-electron chi connectivity index (χ0n) is 19.2. The summed E-state index contributed by atoms with van der Waals surface area (Å²) in [5, 5.41) is 9.15. The van der Waals surface area contributed by atoms with Crippen molar-refractivity contribution in [2.45, 2.75) is 57.7 Å². The number of allylic oxidation sites excluding steroid dienone is 1. The van der Waals surface area contributed by atoms with Gasteiger partial charge in [0.15, 0.2) is 0 Å². The van der Waals surface area contributed by atoms with Gasteiger partial charge in [0.05, 0.1) is 5.56 Å². The molecule has 1 N–H and O–H groups in total. The van der Waals surface area contributed by atoms with Crippen molar-refractivity contribution in [2.24, 2.45) is 11.8 Å². The Morgan fingerprint density at radius 2 is 1.82 bits per heavy atom. The average Bonchev–Trinajstić information content (AvgIpc) is 2.78. The molecule has 2 unspecified atom stereocenters. The summed E-state index contributed by atoms with van der Waals surface area (Å²) < 4.78 is 38.7. The van der Waals surface area contributed by atoms with Gasteiger partial charge in [-0.2, -0.15) is 24.9 Å². The maximum absolute atomic E-state index is 12.9. The summed E-state index contributed by atoms with van der Waals surface area (Å²) >= 11 is 2.01. The van der Waals surface area contributed by atoms with Gasteiger partial charge in [0, 0.05) is 12.5 Å². The van der Waals surface area contributed by atoms with Gasteiger partial charge in [0.2, 0.25) is 0 Å². The molecule has 3 rings (SSSR count). The van der Waals surface area contributed by atoms with Gasteiger partial charge in [-0.25, -0.2) is 0 Å². The molecule has 0 spiro atoms. The molecule has 2 saturated heterocycles. The number of aliphatic carboxylic acids is 1. The van der Waals surface area contributed by atoms with Crippen molar-refractivity contribution in [1.29, 1.82) is 0 Å². The number of carbonyl (C=O) groups is 1. The molecule has 0 amide bonds. The summed E-state index contributed by atoms with van der Waals surface area (Å²) in [4.78, 5) is 13.5. The van der Waals surface area contributed by atoms with Crippen LogP contribution in [0.2, 0.25) is 0 Å². The van der Waals surface area contributed by atoms with Crippen LogP contribution in [0.5, 0.6) is 0 Å². The highest BCUT2D eigenvalue weighted by molar-refractivity contribution is 7.99. The molecule has 3 nitrogen and oxygen atoms in total. The quantitative estimate of drug-likeness (QED) is 0.461. The number of nitrogens with zero attached hydrogens (tertiary/aromatic N) is 1. The second kappa shape index (κ2) is 13.1. The van der Waals surface area contributed by atoms with E-state index in [2.05, 4.69) is 17.4 Å². The zero-order valence-corrected chi connectivity index (χ0v) is 20.1. The van der Waals surface area contributed by atoms with Crippen LogP contribution in [0.15, 0.2) is 36.4 Å². The first kappa shape index (κ1) is 27.3. The molecule has 33 heavy (non-hydrogen) atoms. The van der Waals surface area contributed by atoms with Crippen LogP contribution in [0.4, 0.5) is 13.2 Å². The number of carboxylic acids is 1. The number of alkyl halides is 3. The molecule has 7 heteroatoms. The Balaban J connectivity index is 0.000000696. The fourth-order valence-electron chi connectivity index (χ4n) is 4.41. The van der Waals surface area contributed by atoms with Crippen LogP contribution in [0, 0.1) is 24.2 Å². The van der Waals surface area contributed by atoms with Crippen molar-refractivity contribution >= 4 is 17.7 Å². The standard InChI is InChI=1S/C21H28F3NO2S.C5H6/c22-21(23,24)18-3-1-17(2-4-18)19-13-16(14-20(26)27)6-10-25(19)9-5-15-7-11-28-12-8-15;1-4-5(2)3/h1-4,15-16,19H,5-14H2,(H,26,27);1H,2H2,3H3. The second-order valence-corrected chi connectivity index (χ2v) is 10.2. The number of carboxylic acid groups (broad SMARTS) is 1. The molecule has 0 radical (unpaired) electrons. The van der Waals surface area contributed by atoms with Crippen molar-refractivity contribution in [3.63, 3.8) is 0 Å². The summed E-state index contributed by atoms with van der Waals surface area (Å²) in [6.45, 7) is 6.97. The monoisotopic (exact) mass is 481 g/mol. The lowest BCUT2D eigenvalue weighted by molar-refractivity contribution is -0.139. The average molecular weight is 482 g/mol. The molecule has 2 aliphatic rings. The molecule has 0 saturated carbocycles. The van der Waals surface area contributed by atoms with Gasteiger partial charge >= 0.3 is 12.1 Å². The fourth-order valence-corrected chi connectivity index (χ4v) is 5.62. The van der Waals surface area contributed by atoms with Gasteiger partial charge in [0.1, 0.15) is 0 Å². The first-order valence-electron chi connectivity index (χ1n) is 11.4. The van der Waals surface area contributed by atoms with Crippen LogP contribution in [0.25, 0.3) is 0 Å². The van der Waals surface area contributed by atoms with Gasteiger partial charge in [-0.15, -0.1) is 6.42 Å². The molecule has 1 aromatic rings. The molecule has 0 bridgehead atoms. The number of hydrogen-bond donors (Lipinski definition) is 1. The Hall–Kier alpha value is -1.91. The van der Waals surface area contributed by atoms with E-state index in [0.29, 0.717) is 6.42 Å². The van der Waals surface area contributed by atoms with Crippen LogP contribution in [-0.2, 0) is 11.0 Å². The summed E-state index contributed by atoms with van der Waals surface area (Å²) in [6.07, 6.45) is 5.74. The van der Waals surface area contributed by atoms with Crippen molar-refractivity contribution in [1.82, 2.24) is 4.90 Å². The highest BCUT2D eigenvalue weighted by atomic mass is 32.2. The summed E-state index contributed by atoms with van der Waals surface area (Å²) in [5.74, 6) is 4.77. The number of benzene rings is 1. The number of rotatable bonds is 6. The van der Waals surface area contributed by atoms with E-state index in [4.69, 9.17) is 11.5 Å². The molecule has 2 fully saturated rings. The predicted octanol–water partition coefficient (Wildman–Crippen LogP) is 6.66. The Kier molecular flexibility index (Phi) is 10.9. The van der Waals surface area contributed by atoms with E-state index in [1.54, 1.807) is 19.1 Å². The van der Waals surface area contributed by atoms with Gasteiger partial charge in [-0.1, -0.05) is 24.6 Å². The number of piperidine rings is 1. The minimum atomic E-state index is -4.34. The molecule has 0 aromatic heterocycles. The van der Waals surface area contributed by atoms with E-state index in [0.717, 1.165) is 55.1 Å². The van der Waals surface area contributed by atoms with Crippen LogP contribution < -0.4 is 0 Å². The predicted molar refractivity (Wildman–Crippen MR) is 129 cm³/mol. The third kappa shape index (κ3) is 9.46. The van der Waals surface area contributed by atoms with Crippen molar-refractivity contribution in [2.75, 3.05) is 24.6 Å². The van der Waals surface area contributed by atoms with Gasteiger partial charge < -0.3 is 5.11 Å². The zero-order chi connectivity index (χ0) is 24.4. The largest absolute Gasteiger partial charge is 0.481 e.